The van der Waals surface area contributed by atoms with Gasteiger partial charge in [-0.25, -0.2) is 0 Å². The monoisotopic (exact) mass is 347 g/mol. The predicted molar refractivity (Wildman–Crippen MR) is 110 cm³/mol. The summed E-state index contributed by atoms with van der Waals surface area (Å²) in [6.45, 7) is 6.13. The minimum atomic E-state index is 0.392. The Labute approximate surface area is 151 Å². The summed E-state index contributed by atoms with van der Waals surface area (Å²) in [7, 11) is 0.392. The van der Waals surface area contributed by atoms with Crippen molar-refractivity contribution in [3.8, 4) is 5.75 Å². The molecule has 0 heterocycles. The van der Waals surface area contributed by atoms with Gasteiger partial charge in [-0.15, -0.1) is 0 Å². The number of nitrogens with zero attached hydrogens (tertiary/aromatic N) is 1. The SMILES string of the molecule is Cc1cc(C)c(O)c(Pc2c(C)cccc2C=Nc2ccccc2)c1. The van der Waals surface area contributed by atoms with E-state index in [1.807, 2.05) is 49.5 Å². The second-order valence-electron chi connectivity index (χ2n) is 6.24. The molecule has 0 saturated carbocycles. The molecule has 3 heteroatoms. The lowest BCUT2D eigenvalue weighted by atomic mass is 10.1. The van der Waals surface area contributed by atoms with Gasteiger partial charge in [0.1, 0.15) is 5.75 Å². The Bertz CT molecular complexity index is 917. The van der Waals surface area contributed by atoms with Crippen molar-refractivity contribution in [1.82, 2.24) is 0 Å². The van der Waals surface area contributed by atoms with Crippen molar-refractivity contribution in [2.75, 3.05) is 0 Å². The van der Waals surface area contributed by atoms with E-state index in [1.165, 1.54) is 16.4 Å². The largest absolute Gasteiger partial charge is 0.507 e. The zero-order valence-electron chi connectivity index (χ0n) is 14.7. The first-order valence-electron chi connectivity index (χ1n) is 8.30. The highest BCUT2D eigenvalue weighted by molar-refractivity contribution is 7.56. The molecule has 0 radical (unpaired) electrons. The van der Waals surface area contributed by atoms with Crippen LogP contribution >= 0.6 is 8.58 Å². The van der Waals surface area contributed by atoms with Crippen molar-refractivity contribution in [3.05, 3.63) is 82.9 Å². The third-order valence-corrected chi connectivity index (χ3v) is 5.70. The topological polar surface area (TPSA) is 32.6 Å². The molecular weight excluding hydrogens is 325 g/mol. The van der Waals surface area contributed by atoms with Crippen LogP contribution < -0.4 is 10.6 Å². The van der Waals surface area contributed by atoms with Crippen molar-refractivity contribution in [3.63, 3.8) is 0 Å². The summed E-state index contributed by atoms with van der Waals surface area (Å²) in [5.41, 5.74) is 5.35. The number of aryl methyl sites for hydroxylation is 3. The Hall–Kier alpha value is -2.44. The molecular formula is C22H22NOP. The van der Waals surface area contributed by atoms with E-state index < -0.39 is 0 Å². The zero-order chi connectivity index (χ0) is 17.8. The van der Waals surface area contributed by atoms with Crippen LogP contribution in [0.3, 0.4) is 0 Å². The van der Waals surface area contributed by atoms with E-state index in [0.29, 0.717) is 14.3 Å². The van der Waals surface area contributed by atoms with Crippen LogP contribution in [0.5, 0.6) is 5.75 Å². The van der Waals surface area contributed by atoms with Gasteiger partial charge >= 0.3 is 0 Å². The summed E-state index contributed by atoms with van der Waals surface area (Å²) in [6.07, 6.45) is 1.92. The standard InChI is InChI=1S/C22H22NOP/c1-15-12-17(3)21(24)20(13-15)25-22-16(2)8-7-9-18(22)14-23-19-10-5-4-6-11-19/h4-14,24-25H,1-3H3. The highest BCUT2D eigenvalue weighted by Crippen LogP contribution is 2.25. The number of benzene rings is 3. The van der Waals surface area contributed by atoms with Gasteiger partial charge in [-0.2, -0.15) is 0 Å². The molecule has 0 bridgehead atoms. The Balaban J connectivity index is 1.98. The summed E-state index contributed by atoms with van der Waals surface area (Å²) in [5, 5.41) is 12.7. The number of aliphatic imine (C=N–C) groups is 1. The molecule has 1 atom stereocenters. The van der Waals surface area contributed by atoms with E-state index in [4.69, 9.17) is 0 Å². The molecule has 0 saturated heterocycles. The van der Waals surface area contributed by atoms with Crippen LogP contribution in [0.1, 0.15) is 22.3 Å². The van der Waals surface area contributed by atoms with Gasteiger partial charge in [0.25, 0.3) is 0 Å². The van der Waals surface area contributed by atoms with Crippen LogP contribution in [0.25, 0.3) is 0 Å². The normalized spacial score (nSPS) is 11.6. The van der Waals surface area contributed by atoms with Crippen LogP contribution in [0.2, 0.25) is 0 Å². The number of hydrogen-bond acceptors (Lipinski definition) is 2. The van der Waals surface area contributed by atoms with Crippen LogP contribution in [-0.4, -0.2) is 11.3 Å². The average molecular weight is 347 g/mol. The maximum atomic E-state index is 10.4. The van der Waals surface area contributed by atoms with Gasteiger partial charge in [-0.1, -0.05) is 51.0 Å². The van der Waals surface area contributed by atoms with E-state index in [-0.39, 0.29) is 0 Å². The van der Waals surface area contributed by atoms with E-state index in [9.17, 15) is 5.11 Å². The van der Waals surface area contributed by atoms with Crippen LogP contribution in [0, 0.1) is 20.8 Å². The maximum Gasteiger partial charge on any atom is 0.126 e. The van der Waals surface area contributed by atoms with Crippen LogP contribution in [-0.2, 0) is 0 Å². The lowest BCUT2D eigenvalue weighted by Crippen LogP contribution is -2.13. The quantitative estimate of drug-likeness (QED) is 0.539. The number of rotatable bonds is 4. The molecule has 126 valence electrons. The smallest absolute Gasteiger partial charge is 0.126 e. The third-order valence-electron chi connectivity index (χ3n) is 4.12. The van der Waals surface area contributed by atoms with Crippen molar-refractivity contribution in [2.24, 2.45) is 4.99 Å². The fraction of sp³-hybridized carbons (Fsp3) is 0.136. The Morgan fingerprint density at radius 1 is 0.880 bits per heavy atom. The minimum absolute atomic E-state index is 0.392. The second-order valence-corrected chi connectivity index (χ2v) is 7.52. The number of hydrogen-bond donors (Lipinski definition) is 1. The molecule has 25 heavy (non-hydrogen) atoms. The van der Waals surface area contributed by atoms with Crippen molar-refractivity contribution in [1.29, 1.82) is 0 Å². The molecule has 1 unspecified atom stereocenters. The van der Waals surface area contributed by atoms with Gasteiger partial charge in [0.05, 0.1) is 5.69 Å². The number of para-hydroxylation sites is 1. The molecule has 0 spiro atoms. The van der Waals surface area contributed by atoms with E-state index >= 15 is 0 Å². The molecule has 0 amide bonds. The van der Waals surface area contributed by atoms with Gasteiger partial charge in [-0.3, -0.25) is 4.99 Å². The van der Waals surface area contributed by atoms with Crippen molar-refractivity contribution < 1.29 is 5.11 Å². The predicted octanol–water partition coefficient (Wildman–Crippen LogP) is 4.70. The van der Waals surface area contributed by atoms with Gasteiger partial charge in [0, 0.05) is 17.1 Å². The van der Waals surface area contributed by atoms with Gasteiger partial charge in [-0.05, 0) is 61.0 Å². The Kier molecular flexibility index (Phi) is 5.31. The zero-order valence-corrected chi connectivity index (χ0v) is 15.7. The van der Waals surface area contributed by atoms with E-state index in [1.54, 1.807) is 0 Å². The number of aromatic hydroxyl groups is 1. The van der Waals surface area contributed by atoms with E-state index in [0.717, 1.165) is 22.1 Å². The second kappa shape index (κ2) is 7.63. The molecule has 3 rings (SSSR count). The van der Waals surface area contributed by atoms with Gasteiger partial charge in [0.15, 0.2) is 0 Å². The molecule has 0 aliphatic carbocycles. The maximum absolute atomic E-state index is 10.4. The molecule has 0 aliphatic rings. The van der Waals surface area contributed by atoms with E-state index in [2.05, 4.69) is 43.1 Å². The molecule has 2 nitrogen and oxygen atoms in total. The fourth-order valence-corrected chi connectivity index (χ4v) is 4.27. The summed E-state index contributed by atoms with van der Waals surface area (Å²) >= 11 is 0. The first kappa shape index (κ1) is 17.4. The lowest BCUT2D eigenvalue weighted by Gasteiger charge is -2.13. The van der Waals surface area contributed by atoms with Gasteiger partial charge < -0.3 is 5.11 Å². The summed E-state index contributed by atoms with van der Waals surface area (Å²) in [4.78, 5) is 4.59. The Morgan fingerprint density at radius 3 is 2.40 bits per heavy atom. The first-order chi connectivity index (χ1) is 12.0. The molecule has 0 fully saturated rings. The molecule has 0 aliphatic heterocycles. The van der Waals surface area contributed by atoms with Crippen molar-refractivity contribution >= 4 is 31.1 Å². The summed E-state index contributed by atoms with van der Waals surface area (Å²) in [5.74, 6) is 0.401. The molecule has 3 aromatic rings. The Morgan fingerprint density at radius 2 is 1.64 bits per heavy atom. The summed E-state index contributed by atoms with van der Waals surface area (Å²) < 4.78 is 0. The number of phenolic OH excluding ortho intramolecular Hbond substituents is 1. The summed E-state index contributed by atoms with van der Waals surface area (Å²) in [6, 6.07) is 20.3. The minimum Gasteiger partial charge on any atom is -0.507 e. The molecule has 1 N–H and O–H groups in total. The highest BCUT2D eigenvalue weighted by atomic mass is 31.1. The highest BCUT2D eigenvalue weighted by Gasteiger charge is 2.11. The lowest BCUT2D eigenvalue weighted by molar-refractivity contribution is 0.475. The average Bonchev–Trinajstić information content (AvgIpc) is 2.60. The number of phenols is 1. The third kappa shape index (κ3) is 4.15. The van der Waals surface area contributed by atoms with Crippen LogP contribution in [0.15, 0.2) is 65.7 Å². The fourth-order valence-electron chi connectivity index (χ4n) is 2.82. The molecule has 0 aromatic heterocycles. The van der Waals surface area contributed by atoms with Crippen LogP contribution in [0.4, 0.5) is 5.69 Å². The van der Waals surface area contributed by atoms with Gasteiger partial charge in [0.2, 0.25) is 0 Å². The molecule has 3 aromatic carbocycles. The van der Waals surface area contributed by atoms with Crippen molar-refractivity contribution in [2.45, 2.75) is 20.8 Å². The first-order valence-corrected chi connectivity index (χ1v) is 9.30.